The number of carbonyl (C=O) groups is 1. The van der Waals surface area contributed by atoms with Crippen molar-refractivity contribution in [2.45, 2.75) is 0 Å². The number of hydrogen-bond donors (Lipinski definition) is 2. The molecule has 1 aromatic rings. The van der Waals surface area contributed by atoms with E-state index in [1.807, 2.05) is 0 Å². The summed E-state index contributed by atoms with van der Waals surface area (Å²) in [5.74, 6) is -0.0618. The molecular formula is C13H19BN2O3. The lowest BCUT2D eigenvalue weighted by Crippen LogP contribution is -2.47. The number of nitrogens with zero attached hydrogens (tertiary/aromatic N) is 2. The van der Waals surface area contributed by atoms with Crippen LogP contribution in [0.5, 0.6) is 0 Å². The molecule has 1 saturated heterocycles. The minimum Gasteiger partial charge on any atom is -0.423 e. The highest BCUT2D eigenvalue weighted by atomic mass is 16.4. The van der Waals surface area contributed by atoms with E-state index < -0.39 is 7.12 Å². The zero-order valence-electron chi connectivity index (χ0n) is 11.1. The summed E-state index contributed by atoms with van der Waals surface area (Å²) in [5, 5.41) is 18.6. The van der Waals surface area contributed by atoms with E-state index in [9.17, 15) is 14.8 Å². The maximum atomic E-state index is 12.2. The van der Waals surface area contributed by atoms with Crippen LogP contribution in [-0.2, 0) is 0 Å². The Morgan fingerprint density at radius 1 is 1.21 bits per heavy atom. The molecule has 1 aliphatic rings. The second kappa shape index (κ2) is 6.30. The van der Waals surface area contributed by atoms with Crippen LogP contribution in [0.3, 0.4) is 0 Å². The van der Waals surface area contributed by atoms with Crippen LogP contribution in [0.1, 0.15) is 10.4 Å². The molecule has 1 fully saturated rings. The van der Waals surface area contributed by atoms with Crippen LogP contribution in [0.4, 0.5) is 0 Å². The fourth-order valence-electron chi connectivity index (χ4n) is 2.27. The fraction of sp³-hybridized carbons (Fsp3) is 0.462. The summed E-state index contributed by atoms with van der Waals surface area (Å²) in [6.45, 7) is 3.98. The Bertz CT molecular complexity index is 445. The van der Waals surface area contributed by atoms with Gasteiger partial charge in [0.15, 0.2) is 5.78 Å². The number of piperazine rings is 1. The summed E-state index contributed by atoms with van der Waals surface area (Å²) >= 11 is 0. The van der Waals surface area contributed by atoms with Gasteiger partial charge in [-0.15, -0.1) is 0 Å². The van der Waals surface area contributed by atoms with Crippen molar-refractivity contribution >= 4 is 18.4 Å². The molecule has 0 amide bonds. The van der Waals surface area contributed by atoms with E-state index in [0.717, 1.165) is 26.2 Å². The summed E-state index contributed by atoms with van der Waals surface area (Å²) in [5.41, 5.74) is 0.679. The number of ketones is 1. The molecule has 0 radical (unpaired) electrons. The lowest BCUT2D eigenvalue weighted by atomic mass is 9.76. The molecular weight excluding hydrogens is 243 g/mol. The normalized spacial score (nSPS) is 17.4. The summed E-state index contributed by atoms with van der Waals surface area (Å²) in [7, 11) is 0.462. The van der Waals surface area contributed by atoms with Crippen molar-refractivity contribution in [2.24, 2.45) is 0 Å². The van der Waals surface area contributed by atoms with Crippen molar-refractivity contribution < 1.29 is 14.8 Å². The first-order chi connectivity index (χ1) is 9.08. The first-order valence-corrected chi connectivity index (χ1v) is 6.47. The minimum absolute atomic E-state index is 0.0618. The minimum atomic E-state index is -1.60. The van der Waals surface area contributed by atoms with Crippen LogP contribution in [0.15, 0.2) is 24.3 Å². The third-order valence-electron chi connectivity index (χ3n) is 3.50. The number of Topliss-reactive ketones (excluding diaryl/α,β-unsaturated/α-hetero) is 1. The second-order valence-corrected chi connectivity index (χ2v) is 4.96. The molecule has 2 rings (SSSR count). The molecule has 0 bridgehead atoms. The largest absolute Gasteiger partial charge is 0.489 e. The monoisotopic (exact) mass is 262 g/mol. The van der Waals surface area contributed by atoms with Crippen molar-refractivity contribution in [3.8, 4) is 0 Å². The third-order valence-corrected chi connectivity index (χ3v) is 3.50. The standard InChI is InChI=1S/C13H19BN2O3/c1-15-6-8-16(9-7-15)10-13(17)11-4-2-3-5-12(11)14(18)19/h2-5,18-19H,6-10H2,1H3. The highest BCUT2D eigenvalue weighted by Crippen LogP contribution is 2.04. The summed E-state index contributed by atoms with van der Waals surface area (Å²) in [6.07, 6.45) is 0. The number of carbonyl (C=O) groups excluding carboxylic acids is 1. The predicted molar refractivity (Wildman–Crippen MR) is 74.5 cm³/mol. The average molecular weight is 262 g/mol. The Kier molecular flexibility index (Phi) is 4.71. The van der Waals surface area contributed by atoms with E-state index >= 15 is 0 Å². The van der Waals surface area contributed by atoms with Gasteiger partial charge >= 0.3 is 7.12 Å². The van der Waals surface area contributed by atoms with Crippen LogP contribution in [0.25, 0.3) is 0 Å². The quantitative estimate of drug-likeness (QED) is 0.527. The van der Waals surface area contributed by atoms with Crippen LogP contribution in [-0.4, -0.2) is 72.5 Å². The smallest absolute Gasteiger partial charge is 0.423 e. The van der Waals surface area contributed by atoms with Crippen molar-refractivity contribution in [1.29, 1.82) is 0 Å². The van der Waals surface area contributed by atoms with Crippen LogP contribution in [0.2, 0.25) is 0 Å². The molecule has 1 heterocycles. The maximum Gasteiger partial charge on any atom is 0.489 e. The number of benzene rings is 1. The molecule has 102 valence electrons. The van der Waals surface area contributed by atoms with E-state index in [-0.39, 0.29) is 11.2 Å². The maximum absolute atomic E-state index is 12.2. The Labute approximate surface area is 113 Å². The number of rotatable bonds is 4. The van der Waals surface area contributed by atoms with Crippen LogP contribution < -0.4 is 5.46 Å². The van der Waals surface area contributed by atoms with Crippen molar-refractivity contribution in [2.75, 3.05) is 39.8 Å². The molecule has 1 aromatic carbocycles. The van der Waals surface area contributed by atoms with Gasteiger partial charge in [-0.2, -0.15) is 0 Å². The fourth-order valence-corrected chi connectivity index (χ4v) is 2.27. The summed E-state index contributed by atoms with van der Waals surface area (Å²) < 4.78 is 0. The van der Waals surface area contributed by atoms with Gasteiger partial charge < -0.3 is 14.9 Å². The van der Waals surface area contributed by atoms with Crippen LogP contribution in [0, 0.1) is 0 Å². The number of likely N-dealkylation sites (N-methyl/N-ethyl adjacent to an activating group) is 1. The van der Waals surface area contributed by atoms with Gasteiger partial charge in [-0.1, -0.05) is 24.3 Å². The topological polar surface area (TPSA) is 64.0 Å². The molecule has 0 aromatic heterocycles. The number of hydrogen-bond acceptors (Lipinski definition) is 5. The third kappa shape index (κ3) is 3.64. The molecule has 5 nitrogen and oxygen atoms in total. The zero-order chi connectivity index (χ0) is 13.8. The van der Waals surface area contributed by atoms with E-state index in [2.05, 4.69) is 16.8 Å². The Hall–Kier alpha value is -1.21. The van der Waals surface area contributed by atoms with E-state index in [4.69, 9.17) is 0 Å². The summed E-state index contributed by atoms with van der Waals surface area (Å²) in [4.78, 5) is 16.6. The molecule has 0 spiro atoms. The highest BCUT2D eigenvalue weighted by Gasteiger charge is 2.22. The van der Waals surface area contributed by atoms with Gasteiger partial charge in [0.2, 0.25) is 0 Å². The van der Waals surface area contributed by atoms with E-state index in [0.29, 0.717) is 12.1 Å². The van der Waals surface area contributed by atoms with Gasteiger partial charge in [-0.3, -0.25) is 9.69 Å². The molecule has 0 saturated carbocycles. The first-order valence-electron chi connectivity index (χ1n) is 6.47. The molecule has 0 aliphatic carbocycles. The Balaban J connectivity index is 2.04. The summed E-state index contributed by atoms with van der Waals surface area (Å²) in [6, 6.07) is 6.65. The second-order valence-electron chi connectivity index (χ2n) is 4.96. The predicted octanol–water partition coefficient (Wildman–Crippen LogP) is -1.20. The van der Waals surface area contributed by atoms with Gasteiger partial charge in [0.1, 0.15) is 0 Å². The van der Waals surface area contributed by atoms with Crippen LogP contribution >= 0.6 is 0 Å². The lowest BCUT2D eigenvalue weighted by molar-refractivity contribution is 0.0877. The van der Waals surface area contributed by atoms with Gasteiger partial charge in [-0.05, 0) is 12.5 Å². The molecule has 2 N–H and O–H groups in total. The zero-order valence-corrected chi connectivity index (χ0v) is 11.1. The Morgan fingerprint density at radius 2 is 1.84 bits per heavy atom. The lowest BCUT2D eigenvalue weighted by Gasteiger charge is -2.31. The highest BCUT2D eigenvalue weighted by molar-refractivity contribution is 6.60. The van der Waals surface area contributed by atoms with Gasteiger partial charge in [0.25, 0.3) is 0 Å². The molecule has 1 aliphatic heterocycles. The SMILES string of the molecule is CN1CCN(CC(=O)c2ccccc2B(O)O)CC1. The van der Waals surface area contributed by atoms with Gasteiger partial charge in [0, 0.05) is 31.7 Å². The molecule has 0 unspecified atom stereocenters. The molecule has 6 heteroatoms. The van der Waals surface area contributed by atoms with Crippen molar-refractivity contribution in [3.63, 3.8) is 0 Å². The average Bonchev–Trinajstić information content (AvgIpc) is 2.41. The molecule has 0 atom stereocenters. The van der Waals surface area contributed by atoms with Gasteiger partial charge in [0.05, 0.1) is 6.54 Å². The van der Waals surface area contributed by atoms with Crippen molar-refractivity contribution in [3.05, 3.63) is 29.8 Å². The van der Waals surface area contributed by atoms with E-state index in [1.54, 1.807) is 24.3 Å². The first kappa shape index (κ1) is 14.2. The van der Waals surface area contributed by atoms with Gasteiger partial charge in [-0.25, -0.2) is 0 Å². The molecule has 19 heavy (non-hydrogen) atoms. The Morgan fingerprint density at radius 3 is 2.47 bits per heavy atom. The van der Waals surface area contributed by atoms with E-state index in [1.165, 1.54) is 0 Å². The van der Waals surface area contributed by atoms with Crippen molar-refractivity contribution in [1.82, 2.24) is 9.80 Å².